The Hall–Kier alpha value is -2.68. The Balaban J connectivity index is 1.43. The molecule has 0 atom stereocenters. The van der Waals surface area contributed by atoms with Crippen LogP contribution in [0.5, 0.6) is 0 Å². The normalized spacial score (nSPS) is 15.5. The van der Waals surface area contributed by atoms with Crippen molar-refractivity contribution in [3.8, 4) is 0 Å². The lowest BCUT2D eigenvalue weighted by molar-refractivity contribution is -0.137. The molecule has 28 heavy (non-hydrogen) atoms. The van der Waals surface area contributed by atoms with Crippen molar-refractivity contribution in [1.82, 2.24) is 9.88 Å². The van der Waals surface area contributed by atoms with E-state index in [2.05, 4.69) is 15.2 Å². The summed E-state index contributed by atoms with van der Waals surface area (Å²) in [6, 6.07) is 8.13. The molecule has 2 heterocycles. The van der Waals surface area contributed by atoms with Gasteiger partial charge in [-0.2, -0.15) is 13.2 Å². The van der Waals surface area contributed by atoms with E-state index in [4.69, 9.17) is 0 Å². The highest BCUT2D eigenvalue weighted by Gasteiger charge is 2.31. The van der Waals surface area contributed by atoms with E-state index in [0.717, 1.165) is 12.3 Å². The maximum absolute atomic E-state index is 13.1. The Kier molecular flexibility index (Phi) is 6.13. The fraction of sp³-hybridized carbons (Fsp3) is 0.368. The van der Waals surface area contributed by atoms with Crippen molar-refractivity contribution >= 4 is 17.4 Å². The Morgan fingerprint density at radius 2 is 1.86 bits per heavy atom. The first-order chi connectivity index (χ1) is 13.3. The van der Waals surface area contributed by atoms with Crippen LogP contribution in [0.4, 0.5) is 29.1 Å². The summed E-state index contributed by atoms with van der Waals surface area (Å²) in [6.45, 7) is 3.13. The van der Waals surface area contributed by atoms with Gasteiger partial charge in [0.25, 0.3) is 0 Å². The van der Waals surface area contributed by atoms with Crippen LogP contribution in [0.3, 0.4) is 0 Å². The topological polar surface area (TPSA) is 48.5 Å². The van der Waals surface area contributed by atoms with Gasteiger partial charge in [0.15, 0.2) is 0 Å². The Labute approximate surface area is 160 Å². The number of halogens is 4. The Morgan fingerprint density at radius 1 is 1.11 bits per heavy atom. The van der Waals surface area contributed by atoms with E-state index < -0.39 is 17.6 Å². The smallest absolute Gasteiger partial charge is 0.354 e. The highest BCUT2D eigenvalue weighted by Crippen LogP contribution is 2.29. The Morgan fingerprint density at radius 3 is 2.46 bits per heavy atom. The molecule has 150 valence electrons. The molecule has 5 nitrogen and oxygen atoms in total. The summed E-state index contributed by atoms with van der Waals surface area (Å²) in [5.41, 5.74) is -0.345. The number of nitrogens with zero attached hydrogens (tertiary/aromatic N) is 3. The van der Waals surface area contributed by atoms with Gasteiger partial charge in [-0.1, -0.05) is 6.07 Å². The number of nitrogens with one attached hydrogen (secondary N) is 1. The molecule has 0 unspecified atom stereocenters. The molecule has 1 aromatic carbocycles. The van der Waals surface area contributed by atoms with Crippen molar-refractivity contribution in [3.05, 3.63) is 54.0 Å². The van der Waals surface area contributed by atoms with Crippen LogP contribution in [0, 0.1) is 5.82 Å². The van der Waals surface area contributed by atoms with Crippen LogP contribution < -0.4 is 10.2 Å². The summed E-state index contributed by atoms with van der Waals surface area (Å²) in [5.74, 6) is -0.0975. The van der Waals surface area contributed by atoms with E-state index in [0.29, 0.717) is 44.2 Å². The van der Waals surface area contributed by atoms with Crippen LogP contribution in [-0.4, -0.2) is 48.5 Å². The molecule has 0 saturated carbocycles. The second-order valence-corrected chi connectivity index (χ2v) is 6.54. The van der Waals surface area contributed by atoms with Crippen LogP contribution in [0.25, 0.3) is 0 Å². The van der Waals surface area contributed by atoms with Gasteiger partial charge in [0.05, 0.1) is 5.56 Å². The molecule has 9 heteroatoms. The zero-order chi connectivity index (χ0) is 20.1. The first kappa shape index (κ1) is 20.1. The minimum Gasteiger partial charge on any atom is -0.354 e. The molecule has 1 aliphatic rings. The van der Waals surface area contributed by atoms with Crippen LogP contribution in [-0.2, 0) is 11.0 Å². The number of aromatic nitrogens is 1. The number of hydrogen-bond donors (Lipinski definition) is 1. The summed E-state index contributed by atoms with van der Waals surface area (Å²) in [6.07, 6.45) is -3.27. The van der Waals surface area contributed by atoms with Gasteiger partial charge in [0.1, 0.15) is 11.6 Å². The van der Waals surface area contributed by atoms with Crippen LogP contribution >= 0.6 is 0 Å². The van der Waals surface area contributed by atoms with Crippen LogP contribution in [0.2, 0.25) is 0 Å². The van der Waals surface area contributed by atoms with Crippen molar-refractivity contribution in [3.63, 3.8) is 0 Å². The largest absolute Gasteiger partial charge is 0.417 e. The van der Waals surface area contributed by atoms with E-state index in [1.165, 1.54) is 24.3 Å². The second kappa shape index (κ2) is 8.55. The van der Waals surface area contributed by atoms with Crippen molar-refractivity contribution in [2.24, 2.45) is 0 Å². The van der Waals surface area contributed by atoms with Gasteiger partial charge in [-0.25, -0.2) is 9.37 Å². The molecule has 2 aromatic rings. The zero-order valence-corrected chi connectivity index (χ0v) is 15.0. The molecular formula is C19H20F4N4O. The number of carbonyl (C=O) groups excluding carboxylic acids is 1. The first-order valence-corrected chi connectivity index (χ1v) is 8.87. The molecule has 1 aliphatic heterocycles. The lowest BCUT2D eigenvalue weighted by atomic mass is 10.2. The molecule has 0 spiro atoms. The van der Waals surface area contributed by atoms with Crippen molar-refractivity contribution in [1.29, 1.82) is 0 Å². The number of alkyl halides is 3. The maximum Gasteiger partial charge on any atom is 0.417 e. The number of piperazine rings is 1. The lowest BCUT2D eigenvalue weighted by Gasteiger charge is -2.35. The van der Waals surface area contributed by atoms with Gasteiger partial charge in [-0.05, 0) is 30.3 Å². The fourth-order valence-electron chi connectivity index (χ4n) is 2.99. The average molecular weight is 396 g/mol. The quantitative estimate of drug-likeness (QED) is 0.788. The number of hydrogen-bond acceptors (Lipinski definition) is 4. The van der Waals surface area contributed by atoms with Crippen molar-refractivity contribution in [2.75, 3.05) is 42.9 Å². The molecule has 0 aliphatic carbocycles. The monoisotopic (exact) mass is 396 g/mol. The van der Waals surface area contributed by atoms with Gasteiger partial charge in [-0.15, -0.1) is 0 Å². The van der Waals surface area contributed by atoms with E-state index in [9.17, 15) is 22.4 Å². The third-order valence-corrected chi connectivity index (χ3v) is 4.53. The summed E-state index contributed by atoms with van der Waals surface area (Å²) in [4.78, 5) is 19.9. The van der Waals surface area contributed by atoms with Gasteiger partial charge in [-0.3, -0.25) is 9.69 Å². The highest BCUT2D eigenvalue weighted by atomic mass is 19.4. The number of carbonyl (C=O) groups is 1. The first-order valence-electron chi connectivity index (χ1n) is 8.87. The van der Waals surface area contributed by atoms with Crippen LogP contribution in [0.15, 0.2) is 42.6 Å². The summed E-state index contributed by atoms with van der Waals surface area (Å²) < 4.78 is 51.0. The molecule has 3 rings (SSSR count). The summed E-state index contributed by atoms with van der Waals surface area (Å²) >= 11 is 0. The number of benzene rings is 1. The van der Waals surface area contributed by atoms with Crippen molar-refractivity contribution in [2.45, 2.75) is 12.6 Å². The van der Waals surface area contributed by atoms with E-state index in [1.54, 1.807) is 6.07 Å². The fourth-order valence-corrected chi connectivity index (χ4v) is 2.99. The second-order valence-electron chi connectivity index (χ2n) is 6.54. The predicted molar refractivity (Wildman–Crippen MR) is 97.5 cm³/mol. The predicted octanol–water partition coefficient (Wildman–Crippen LogP) is 3.39. The third-order valence-electron chi connectivity index (χ3n) is 4.53. The van der Waals surface area contributed by atoms with Gasteiger partial charge in [0, 0.05) is 51.0 Å². The van der Waals surface area contributed by atoms with Gasteiger partial charge in [0.2, 0.25) is 5.91 Å². The Bertz CT molecular complexity index is 802. The molecule has 1 amide bonds. The van der Waals surface area contributed by atoms with E-state index >= 15 is 0 Å². The van der Waals surface area contributed by atoms with E-state index in [-0.39, 0.29) is 12.3 Å². The molecule has 1 fully saturated rings. The standard InChI is InChI=1S/C19H20F4N4O/c20-15-2-1-3-16(12-15)25-18(28)6-7-26-8-10-27(11-9-26)17-5-4-14(13-24-17)19(21,22)23/h1-5,12-13H,6-11H2,(H,25,28). The number of rotatable bonds is 5. The highest BCUT2D eigenvalue weighted by molar-refractivity contribution is 5.90. The van der Waals surface area contributed by atoms with Gasteiger partial charge < -0.3 is 10.2 Å². The minimum atomic E-state index is -4.39. The molecular weight excluding hydrogens is 376 g/mol. The maximum atomic E-state index is 13.1. The molecule has 0 bridgehead atoms. The molecule has 1 N–H and O–H groups in total. The van der Waals surface area contributed by atoms with Crippen LogP contribution in [0.1, 0.15) is 12.0 Å². The average Bonchev–Trinajstić information content (AvgIpc) is 2.66. The van der Waals surface area contributed by atoms with Gasteiger partial charge >= 0.3 is 6.18 Å². The van der Waals surface area contributed by atoms with Crippen molar-refractivity contribution < 1.29 is 22.4 Å². The number of anilines is 2. The molecule has 0 radical (unpaired) electrons. The SMILES string of the molecule is O=C(CCN1CCN(c2ccc(C(F)(F)F)cn2)CC1)Nc1cccc(F)c1. The number of amides is 1. The lowest BCUT2D eigenvalue weighted by Crippen LogP contribution is -2.47. The summed E-state index contributed by atoms with van der Waals surface area (Å²) in [7, 11) is 0. The minimum absolute atomic E-state index is 0.197. The number of pyridine rings is 1. The summed E-state index contributed by atoms with van der Waals surface area (Å²) in [5, 5.41) is 2.66. The van der Waals surface area contributed by atoms with E-state index in [1.807, 2.05) is 4.90 Å². The zero-order valence-electron chi connectivity index (χ0n) is 15.0. The third kappa shape index (κ3) is 5.41. The molecule has 1 saturated heterocycles. The molecule has 1 aromatic heterocycles.